The van der Waals surface area contributed by atoms with Crippen molar-refractivity contribution in [3.8, 4) is 0 Å². The summed E-state index contributed by atoms with van der Waals surface area (Å²) in [6.45, 7) is 0. The molecule has 0 saturated heterocycles. The zero-order chi connectivity index (χ0) is 4.50. The van der Waals surface area contributed by atoms with Crippen molar-refractivity contribution < 1.29 is 50.5 Å². The van der Waals surface area contributed by atoms with Crippen LogP contribution in [0, 0.1) is 0 Å². The smallest absolute Gasteiger partial charge is 1.00 e. The van der Waals surface area contributed by atoms with Gasteiger partial charge in [0.1, 0.15) is 0 Å². The van der Waals surface area contributed by atoms with Crippen molar-refractivity contribution in [3.63, 3.8) is 0 Å². The van der Waals surface area contributed by atoms with E-state index in [-0.39, 0.29) is 31.2 Å². The van der Waals surface area contributed by atoms with Crippen molar-refractivity contribution in [2.45, 2.75) is 0 Å². The molecule has 0 bridgehead atoms. The maximum absolute atomic E-state index is 8.88. The van der Waals surface area contributed by atoms with E-state index in [1.807, 2.05) is 0 Å². The molecule has 0 aromatic carbocycles. The maximum Gasteiger partial charge on any atom is 1.00 e. The first kappa shape index (κ1) is 23.4. The summed E-state index contributed by atoms with van der Waals surface area (Å²) in [6.07, 6.45) is 0. The topological polar surface area (TPSA) is 141 Å². The quantitative estimate of drug-likeness (QED) is 0.229. The van der Waals surface area contributed by atoms with E-state index in [2.05, 4.69) is 0 Å². The summed E-state index contributed by atoms with van der Waals surface area (Å²) in [4.78, 5) is 21.6. The molecule has 0 amide bonds. The Morgan fingerprint density at radius 2 is 1.12 bits per heavy atom. The summed E-state index contributed by atoms with van der Waals surface area (Å²) in [6, 6.07) is 0. The van der Waals surface area contributed by atoms with Crippen LogP contribution < -0.4 is 18.9 Å². The largest absolute Gasteiger partial charge is 1.00 e. The van der Waals surface area contributed by atoms with Crippen LogP contribution in [0.15, 0.2) is 0 Å². The minimum absolute atomic E-state index is 0. The van der Waals surface area contributed by atoms with Gasteiger partial charge in [0.15, 0.2) is 0 Å². The first-order valence-electron chi connectivity index (χ1n) is 0.783. The fourth-order valence-electron chi connectivity index (χ4n) is 0. The SMILES string of the molecule is O.O.O=P(O)(O)O.[H-].[Li+]. The molecule has 0 atom stereocenters. The Morgan fingerprint density at radius 1 is 1.12 bits per heavy atom. The first-order chi connectivity index (χ1) is 2.00. The average Bonchev–Trinajstić information content (AvgIpc) is 0.722. The van der Waals surface area contributed by atoms with Gasteiger partial charge in [0.25, 0.3) is 0 Å². The molecule has 0 aromatic rings. The predicted molar refractivity (Wildman–Crippen MR) is 22.6 cm³/mol. The molecule has 0 radical (unpaired) electrons. The van der Waals surface area contributed by atoms with Crippen LogP contribution in [0.1, 0.15) is 1.43 Å². The molecule has 0 aliphatic rings. The zero-order valence-corrected chi connectivity index (χ0v) is 5.09. The van der Waals surface area contributed by atoms with E-state index in [1.165, 1.54) is 0 Å². The first-order valence-corrected chi connectivity index (χ1v) is 2.35. The van der Waals surface area contributed by atoms with E-state index in [9.17, 15) is 0 Å². The molecule has 6 nitrogen and oxygen atoms in total. The van der Waals surface area contributed by atoms with Crippen molar-refractivity contribution in [2.24, 2.45) is 0 Å². The molecule has 50 valence electrons. The van der Waals surface area contributed by atoms with E-state index in [1.54, 1.807) is 0 Å². The second-order valence-corrected chi connectivity index (χ2v) is 1.54. The fourth-order valence-corrected chi connectivity index (χ4v) is 0. The molecular formula is H8LiO6P. The second kappa shape index (κ2) is 7.63. The van der Waals surface area contributed by atoms with Crippen molar-refractivity contribution >= 4 is 7.82 Å². The van der Waals surface area contributed by atoms with Gasteiger partial charge in [-0.3, -0.25) is 0 Å². The number of hydrogen-bond acceptors (Lipinski definition) is 1. The zero-order valence-electron chi connectivity index (χ0n) is 5.20. The van der Waals surface area contributed by atoms with Crippen LogP contribution in [-0.2, 0) is 4.57 Å². The molecule has 0 unspecified atom stereocenters. The van der Waals surface area contributed by atoms with Gasteiger partial charge in [0.05, 0.1) is 0 Å². The third kappa shape index (κ3) is 533. The van der Waals surface area contributed by atoms with Gasteiger partial charge in [0, 0.05) is 0 Å². The van der Waals surface area contributed by atoms with Gasteiger partial charge in [-0.25, -0.2) is 4.57 Å². The maximum atomic E-state index is 8.88. The number of rotatable bonds is 0. The van der Waals surface area contributed by atoms with Crippen LogP contribution in [-0.4, -0.2) is 25.6 Å². The molecule has 0 aliphatic carbocycles. The predicted octanol–water partition coefficient (Wildman–Crippen LogP) is -5.46. The van der Waals surface area contributed by atoms with E-state index >= 15 is 0 Å². The van der Waals surface area contributed by atoms with Crippen molar-refractivity contribution in [2.75, 3.05) is 0 Å². The Kier molecular flexibility index (Phi) is 22.3. The molecule has 0 aliphatic heterocycles. The molecule has 0 fully saturated rings. The van der Waals surface area contributed by atoms with Gasteiger partial charge < -0.3 is 27.1 Å². The normalized spacial score (nSPS) is 7.38. The van der Waals surface area contributed by atoms with Crippen LogP contribution >= 0.6 is 7.82 Å². The molecular weight excluding hydrogens is 134 g/mol. The Morgan fingerprint density at radius 3 is 1.12 bits per heavy atom. The molecule has 0 rings (SSSR count). The van der Waals surface area contributed by atoms with Crippen LogP contribution in [0.5, 0.6) is 0 Å². The summed E-state index contributed by atoms with van der Waals surface area (Å²) < 4.78 is 8.88. The Balaban J connectivity index is -0.0000000133. The van der Waals surface area contributed by atoms with Gasteiger partial charge >= 0.3 is 26.7 Å². The molecule has 0 heterocycles. The Labute approximate surface area is 59.1 Å². The molecule has 0 spiro atoms. The van der Waals surface area contributed by atoms with Gasteiger partial charge in [-0.05, 0) is 0 Å². The van der Waals surface area contributed by atoms with Gasteiger partial charge in [-0.1, -0.05) is 0 Å². The summed E-state index contributed by atoms with van der Waals surface area (Å²) in [7, 11) is -4.64. The minimum atomic E-state index is -4.64. The molecule has 0 aromatic heterocycles. The van der Waals surface area contributed by atoms with Crippen LogP contribution in [0.3, 0.4) is 0 Å². The van der Waals surface area contributed by atoms with Gasteiger partial charge in [0.2, 0.25) is 0 Å². The Hall–Kier alpha value is 0.627. The van der Waals surface area contributed by atoms with Crippen molar-refractivity contribution in [3.05, 3.63) is 0 Å². The van der Waals surface area contributed by atoms with Crippen LogP contribution in [0.4, 0.5) is 0 Å². The second-order valence-electron chi connectivity index (χ2n) is 0.513. The average molecular weight is 142 g/mol. The Bertz CT molecular complexity index is 59.2. The molecule has 7 N–H and O–H groups in total. The van der Waals surface area contributed by atoms with Crippen LogP contribution in [0.25, 0.3) is 0 Å². The van der Waals surface area contributed by atoms with Crippen molar-refractivity contribution in [1.29, 1.82) is 0 Å². The summed E-state index contributed by atoms with van der Waals surface area (Å²) in [5.74, 6) is 0. The van der Waals surface area contributed by atoms with Gasteiger partial charge in [-0.15, -0.1) is 0 Å². The molecule has 8 heteroatoms. The minimum Gasteiger partial charge on any atom is -1.00 e. The van der Waals surface area contributed by atoms with Crippen molar-refractivity contribution in [1.82, 2.24) is 0 Å². The number of hydrogen-bond donors (Lipinski definition) is 3. The molecule has 0 saturated carbocycles. The summed E-state index contributed by atoms with van der Waals surface area (Å²) >= 11 is 0. The standard InChI is InChI=1S/Li.H3O4P.2H2O.H/c;1-5(2,3)4;;;/h;(H3,1,2,3,4);2*1H2;/q+1;;;;-1. The number of phosphoric acid groups is 1. The fraction of sp³-hybridized carbons (Fsp3) is 0. The van der Waals surface area contributed by atoms with E-state index < -0.39 is 7.82 Å². The third-order valence-corrected chi connectivity index (χ3v) is 0. The van der Waals surface area contributed by atoms with Crippen LogP contribution in [0.2, 0.25) is 0 Å². The monoisotopic (exact) mass is 142 g/mol. The summed E-state index contributed by atoms with van der Waals surface area (Å²) in [5.41, 5.74) is 0. The van der Waals surface area contributed by atoms with E-state index in [0.29, 0.717) is 0 Å². The van der Waals surface area contributed by atoms with E-state index in [0.717, 1.165) is 0 Å². The van der Waals surface area contributed by atoms with E-state index in [4.69, 9.17) is 19.2 Å². The van der Waals surface area contributed by atoms with Gasteiger partial charge in [-0.2, -0.15) is 0 Å². The summed E-state index contributed by atoms with van der Waals surface area (Å²) in [5, 5.41) is 0. The molecule has 8 heavy (non-hydrogen) atoms. The third-order valence-electron chi connectivity index (χ3n) is 0.